The number of aromatic nitrogens is 2. The zero-order valence-electron chi connectivity index (χ0n) is 18.2. The van der Waals surface area contributed by atoms with Crippen LogP contribution in [0.2, 0.25) is 5.02 Å². The summed E-state index contributed by atoms with van der Waals surface area (Å²) < 4.78 is 83.5. The predicted molar refractivity (Wildman–Crippen MR) is 117 cm³/mol. The zero-order valence-corrected chi connectivity index (χ0v) is 19.8. The van der Waals surface area contributed by atoms with Gasteiger partial charge >= 0.3 is 12.2 Å². The molecule has 1 saturated heterocycles. The van der Waals surface area contributed by atoms with Gasteiger partial charge in [-0.15, -0.1) is 10.2 Å². The third-order valence-electron chi connectivity index (χ3n) is 6.18. The Morgan fingerprint density at radius 1 is 1.08 bits per heavy atom. The molecule has 1 atom stereocenters. The number of alkyl halides is 3. The van der Waals surface area contributed by atoms with Crippen LogP contribution < -0.4 is 0 Å². The van der Waals surface area contributed by atoms with E-state index in [1.54, 1.807) is 0 Å². The quantitative estimate of drug-likeness (QED) is 0.324. The largest absolute Gasteiger partial charge is 0.504 e. The number of nitrogens with zero attached hydrogens (tertiary/aromatic N) is 4. The van der Waals surface area contributed by atoms with Crippen molar-refractivity contribution in [1.29, 1.82) is 0 Å². The molecule has 2 heterocycles. The molecule has 2 aromatic carbocycles. The summed E-state index contributed by atoms with van der Waals surface area (Å²) in [7, 11) is 0. The first-order valence-corrected chi connectivity index (χ1v) is 11.7. The van der Waals surface area contributed by atoms with Crippen LogP contribution in [-0.4, -0.2) is 48.8 Å². The molecule has 2 aliphatic rings. The Hall–Kier alpha value is -3.39. The van der Waals surface area contributed by atoms with Gasteiger partial charge in [-0.05, 0) is 31.0 Å². The molecule has 0 bridgehead atoms. The number of rotatable bonds is 5. The van der Waals surface area contributed by atoms with Gasteiger partial charge in [0.2, 0.25) is 0 Å². The lowest BCUT2D eigenvalue weighted by molar-refractivity contribution is -0.183. The lowest BCUT2D eigenvalue weighted by Gasteiger charge is -2.28. The molecule has 194 valence electrons. The molecule has 1 saturated carbocycles. The maximum atomic E-state index is 14.4. The van der Waals surface area contributed by atoms with Gasteiger partial charge in [0, 0.05) is 17.2 Å². The highest BCUT2D eigenvalue weighted by molar-refractivity contribution is 7.14. The Morgan fingerprint density at radius 2 is 1.78 bits per heavy atom. The predicted octanol–water partition coefficient (Wildman–Crippen LogP) is 5.58. The number of phenols is 1. The SMILES string of the molecule is O=C1N(C(c2ccc(F)cc2F)C(F)(F)F)C(=O)C2(CC2)N1Cc1nnc(-c2ccc(F)c(O)c2Cl)s1. The van der Waals surface area contributed by atoms with E-state index in [4.69, 9.17) is 11.6 Å². The Balaban J connectivity index is 1.48. The maximum Gasteiger partial charge on any atom is 0.413 e. The molecule has 2 fully saturated rings. The van der Waals surface area contributed by atoms with Crippen LogP contribution in [0.1, 0.15) is 29.5 Å². The average molecular weight is 563 g/mol. The monoisotopic (exact) mass is 562 g/mol. The molecule has 5 rings (SSSR count). The Kier molecular flexibility index (Phi) is 5.86. The number of hydrogen-bond donors (Lipinski definition) is 1. The van der Waals surface area contributed by atoms with Crippen LogP contribution in [0.4, 0.5) is 31.1 Å². The van der Waals surface area contributed by atoms with Crippen LogP contribution in [0.25, 0.3) is 10.6 Å². The number of amides is 3. The summed E-state index contributed by atoms with van der Waals surface area (Å²) in [6.45, 7) is -0.403. The summed E-state index contributed by atoms with van der Waals surface area (Å²) in [6, 6.07) is -0.710. The van der Waals surface area contributed by atoms with E-state index in [9.17, 15) is 41.0 Å². The van der Waals surface area contributed by atoms with Crippen molar-refractivity contribution in [1.82, 2.24) is 20.0 Å². The van der Waals surface area contributed by atoms with E-state index in [0.717, 1.165) is 22.3 Å². The molecule has 1 aliphatic carbocycles. The van der Waals surface area contributed by atoms with E-state index < -0.39 is 65.0 Å². The van der Waals surface area contributed by atoms with E-state index in [2.05, 4.69) is 10.2 Å². The molecule has 1 spiro atoms. The summed E-state index contributed by atoms with van der Waals surface area (Å²) in [4.78, 5) is 27.2. The Bertz CT molecular complexity index is 1440. The van der Waals surface area contributed by atoms with Crippen molar-refractivity contribution in [2.24, 2.45) is 0 Å². The van der Waals surface area contributed by atoms with Crippen LogP contribution >= 0.6 is 22.9 Å². The summed E-state index contributed by atoms with van der Waals surface area (Å²) in [5.74, 6) is -5.61. The second kappa shape index (κ2) is 8.58. The standard InChI is InChI=1S/C22H13ClF6N4O3S/c23-15-11(3-4-12(25)16(15)34)18-31-30-14(37-18)8-32-20(36)33(19(35)21(32)5-6-21)17(22(27,28)29)10-2-1-9(24)7-13(10)26/h1-4,7,17,34H,5-6,8H2. The van der Waals surface area contributed by atoms with E-state index >= 15 is 0 Å². The highest BCUT2D eigenvalue weighted by atomic mass is 35.5. The number of carbonyl (C=O) groups is 2. The molecular weight excluding hydrogens is 550 g/mol. The third kappa shape index (κ3) is 4.07. The van der Waals surface area contributed by atoms with Gasteiger partial charge in [-0.1, -0.05) is 29.0 Å². The Labute approximate surface area is 212 Å². The molecule has 1 N–H and O–H groups in total. The first-order valence-electron chi connectivity index (χ1n) is 10.5. The summed E-state index contributed by atoms with van der Waals surface area (Å²) in [5.41, 5.74) is -2.51. The summed E-state index contributed by atoms with van der Waals surface area (Å²) in [6.07, 6.45) is -5.10. The number of halogens is 7. The Morgan fingerprint density at radius 3 is 2.41 bits per heavy atom. The number of carbonyl (C=O) groups excluding carboxylic acids is 2. The van der Waals surface area contributed by atoms with E-state index in [1.807, 2.05) is 0 Å². The van der Waals surface area contributed by atoms with Crippen molar-refractivity contribution < 1.29 is 41.0 Å². The molecule has 3 aromatic rings. The molecule has 1 unspecified atom stereocenters. The first kappa shape index (κ1) is 25.3. The minimum absolute atomic E-state index is 0.0415. The molecule has 3 amide bonds. The van der Waals surface area contributed by atoms with Gasteiger partial charge in [-0.2, -0.15) is 13.2 Å². The third-order valence-corrected chi connectivity index (χ3v) is 7.50. The fourth-order valence-corrected chi connectivity index (χ4v) is 5.40. The fourth-order valence-electron chi connectivity index (χ4n) is 4.24. The highest BCUT2D eigenvalue weighted by Crippen LogP contribution is 2.53. The second-order valence-electron chi connectivity index (χ2n) is 8.44. The van der Waals surface area contributed by atoms with Gasteiger partial charge in [-0.25, -0.2) is 22.9 Å². The molecule has 0 radical (unpaired) electrons. The average Bonchev–Trinajstić information content (AvgIpc) is 3.45. The molecule has 37 heavy (non-hydrogen) atoms. The summed E-state index contributed by atoms with van der Waals surface area (Å²) >= 11 is 6.82. The smallest absolute Gasteiger partial charge is 0.413 e. The normalized spacial score (nSPS) is 17.7. The number of phenolic OH excluding ortho intramolecular Hbond substituents is 1. The molecule has 15 heteroatoms. The first-order chi connectivity index (χ1) is 17.3. The van der Waals surface area contributed by atoms with Crippen LogP contribution in [0.3, 0.4) is 0 Å². The van der Waals surface area contributed by atoms with Crippen molar-refractivity contribution in [3.63, 3.8) is 0 Å². The number of imide groups is 1. The van der Waals surface area contributed by atoms with Crippen molar-refractivity contribution in [3.8, 4) is 16.3 Å². The second-order valence-corrected chi connectivity index (χ2v) is 9.88. The highest BCUT2D eigenvalue weighted by Gasteiger charge is 2.68. The van der Waals surface area contributed by atoms with Crippen molar-refractivity contribution in [2.45, 2.75) is 37.1 Å². The van der Waals surface area contributed by atoms with Crippen LogP contribution in [0.5, 0.6) is 5.75 Å². The molecular formula is C22H13ClF6N4O3S. The van der Waals surface area contributed by atoms with Gasteiger partial charge in [0.1, 0.15) is 27.2 Å². The minimum Gasteiger partial charge on any atom is -0.504 e. The van der Waals surface area contributed by atoms with Crippen molar-refractivity contribution in [2.75, 3.05) is 0 Å². The van der Waals surface area contributed by atoms with Gasteiger partial charge < -0.3 is 10.0 Å². The maximum absolute atomic E-state index is 14.4. The van der Waals surface area contributed by atoms with Gasteiger partial charge in [0.25, 0.3) is 5.91 Å². The van der Waals surface area contributed by atoms with Crippen LogP contribution in [0, 0.1) is 17.5 Å². The number of aromatic hydroxyl groups is 1. The lowest BCUT2D eigenvalue weighted by atomic mass is 10.0. The zero-order chi connectivity index (χ0) is 26.9. The van der Waals surface area contributed by atoms with E-state index in [-0.39, 0.29) is 44.4 Å². The van der Waals surface area contributed by atoms with Crippen molar-refractivity contribution >= 4 is 34.9 Å². The summed E-state index contributed by atoms with van der Waals surface area (Å²) in [5, 5.41) is 17.4. The van der Waals surface area contributed by atoms with E-state index in [1.165, 1.54) is 6.07 Å². The van der Waals surface area contributed by atoms with Gasteiger partial charge in [-0.3, -0.25) is 4.79 Å². The number of hydrogen-bond acceptors (Lipinski definition) is 6. The van der Waals surface area contributed by atoms with Gasteiger partial charge in [0.05, 0.1) is 11.6 Å². The van der Waals surface area contributed by atoms with E-state index in [0.29, 0.717) is 12.1 Å². The lowest BCUT2D eigenvalue weighted by Crippen LogP contribution is -2.43. The fraction of sp³-hybridized carbons (Fsp3) is 0.273. The van der Waals surface area contributed by atoms with Gasteiger partial charge in [0.15, 0.2) is 17.6 Å². The molecule has 1 aromatic heterocycles. The number of benzene rings is 2. The number of urea groups is 1. The van der Waals surface area contributed by atoms with Crippen LogP contribution in [0.15, 0.2) is 30.3 Å². The minimum atomic E-state index is -5.26. The van der Waals surface area contributed by atoms with Crippen molar-refractivity contribution in [3.05, 3.63) is 63.4 Å². The molecule has 7 nitrogen and oxygen atoms in total. The molecule has 1 aliphatic heterocycles. The topological polar surface area (TPSA) is 86.6 Å². The van der Waals surface area contributed by atoms with Crippen LogP contribution in [-0.2, 0) is 11.3 Å².